The molecule has 1 aromatic heterocycles. The van der Waals surface area contributed by atoms with Gasteiger partial charge in [0.05, 0.1) is 6.61 Å². The third-order valence-corrected chi connectivity index (χ3v) is 2.45. The first-order chi connectivity index (χ1) is 9.85. The van der Waals surface area contributed by atoms with Crippen LogP contribution in [0, 0.1) is 6.92 Å². The van der Waals surface area contributed by atoms with E-state index in [0.717, 1.165) is 12.1 Å². The van der Waals surface area contributed by atoms with Gasteiger partial charge in [0, 0.05) is 11.8 Å². The molecular formula is C14H12F3NO3. The number of benzene rings is 1. The zero-order valence-electron chi connectivity index (χ0n) is 11.0. The Hall–Kier alpha value is -2.28. The zero-order chi connectivity index (χ0) is 15.5. The van der Waals surface area contributed by atoms with Gasteiger partial charge in [-0.3, -0.25) is 0 Å². The van der Waals surface area contributed by atoms with Crippen molar-refractivity contribution in [3.8, 4) is 17.4 Å². The fraction of sp³-hybridized carbons (Fsp3) is 0.214. The van der Waals surface area contributed by atoms with E-state index < -0.39 is 6.36 Å². The van der Waals surface area contributed by atoms with Crippen molar-refractivity contribution in [3.05, 3.63) is 47.7 Å². The number of aryl methyl sites for hydroxylation is 1. The zero-order valence-corrected chi connectivity index (χ0v) is 11.0. The molecule has 1 aromatic carbocycles. The first-order valence-corrected chi connectivity index (χ1v) is 5.98. The lowest BCUT2D eigenvalue weighted by molar-refractivity contribution is -0.274. The van der Waals surface area contributed by atoms with Gasteiger partial charge in [-0.1, -0.05) is 0 Å². The fourth-order valence-corrected chi connectivity index (χ4v) is 1.68. The van der Waals surface area contributed by atoms with Gasteiger partial charge in [0.25, 0.3) is 0 Å². The van der Waals surface area contributed by atoms with E-state index in [1.54, 1.807) is 19.1 Å². The number of halogens is 3. The molecule has 0 aliphatic carbocycles. The molecule has 4 nitrogen and oxygen atoms in total. The second-order valence-electron chi connectivity index (χ2n) is 4.23. The lowest BCUT2D eigenvalue weighted by atomic mass is 10.2. The molecule has 112 valence electrons. The van der Waals surface area contributed by atoms with Crippen LogP contribution < -0.4 is 9.47 Å². The largest absolute Gasteiger partial charge is 0.573 e. The Morgan fingerprint density at radius 3 is 2.29 bits per heavy atom. The number of aliphatic hydroxyl groups is 1. The van der Waals surface area contributed by atoms with E-state index in [2.05, 4.69) is 9.72 Å². The molecule has 0 radical (unpaired) electrons. The summed E-state index contributed by atoms with van der Waals surface area (Å²) in [5.74, 6) is 0.234. The topological polar surface area (TPSA) is 51.6 Å². The van der Waals surface area contributed by atoms with Gasteiger partial charge in [-0.05, 0) is 42.8 Å². The summed E-state index contributed by atoms with van der Waals surface area (Å²) in [7, 11) is 0. The second kappa shape index (κ2) is 6.01. The van der Waals surface area contributed by atoms with E-state index in [9.17, 15) is 13.2 Å². The third-order valence-electron chi connectivity index (χ3n) is 2.45. The maximum Gasteiger partial charge on any atom is 0.573 e. The van der Waals surface area contributed by atoms with Crippen LogP contribution in [-0.2, 0) is 6.61 Å². The van der Waals surface area contributed by atoms with Crippen LogP contribution in [0.4, 0.5) is 13.2 Å². The maximum atomic E-state index is 12.0. The van der Waals surface area contributed by atoms with Crippen LogP contribution in [0.3, 0.4) is 0 Å². The summed E-state index contributed by atoms with van der Waals surface area (Å²) in [6.07, 6.45) is -4.73. The molecule has 0 aliphatic rings. The van der Waals surface area contributed by atoms with Crippen molar-refractivity contribution in [1.82, 2.24) is 4.98 Å². The van der Waals surface area contributed by atoms with Crippen molar-refractivity contribution in [2.45, 2.75) is 19.9 Å². The van der Waals surface area contributed by atoms with Gasteiger partial charge < -0.3 is 14.6 Å². The SMILES string of the molecule is Cc1cc(CO)cc(Oc2ccc(OC(F)(F)F)cc2)n1. The maximum absolute atomic E-state index is 12.0. The fourth-order valence-electron chi connectivity index (χ4n) is 1.68. The Morgan fingerprint density at radius 2 is 1.71 bits per heavy atom. The summed E-state index contributed by atoms with van der Waals surface area (Å²) in [4.78, 5) is 4.11. The molecule has 0 fully saturated rings. The molecule has 0 saturated carbocycles. The van der Waals surface area contributed by atoms with Crippen molar-refractivity contribution in [1.29, 1.82) is 0 Å². The van der Waals surface area contributed by atoms with Crippen LogP contribution in [0.15, 0.2) is 36.4 Å². The van der Waals surface area contributed by atoms with Crippen LogP contribution in [0.2, 0.25) is 0 Å². The van der Waals surface area contributed by atoms with Gasteiger partial charge in [-0.2, -0.15) is 0 Å². The van der Waals surface area contributed by atoms with Gasteiger partial charge in [-0.25, -0.2) is 4.98 Å². The highest BCUT2D eigenvalue weighted by atomic mass is 19.4. The average molecular weight is 299 g/mol. The average Bonchev–Trinajstić information content (AvgIpc) is 2.38. The smallest absolute Gasteiger partial charge is 0.439 e. The van der Waals surface area contributed by atoms with Gasteiger partial charge in [-0.15, -0.1) is 13.2 Å². The molecular weight excluding hydrogens is 287 g/mol. The number of aromatic nitrogens is 1. The van der Waals surface area contributed by atoms with E-state index in [4.69, 9.17) is 9.84 Å². The number of ether oxygens (including phenoxy) is 2. The minimum atomic E-state index is -4.73. The normalized spacial score (nSPS) is 11.3. The van der Waals surface area contributed by atoms with E-state index in [0.29, 0.717) is 17.0 Å². The molecule has 7 heteroatoms. The lowest BCUT2D eigenvalue weighted by Crippen LogP contribution is -2.16. The number of rotatable bonds is 4. The summed E-state index contributed by atoms with van der Waals surface area (Å²) in [6.45, 7) is 1.59. The predicted molar refractivity (Wildman–Crippen MR) is 68.1 cm³/mol. The quantitative estimate of drug-likeness (QED) is 0.937. The molecule has 0 amide bonds. The molecule has 0 aliphatic heterocycles. The Bertz CT molecular complexity index is 612. The first kappa shape index (κ1) is 15.1. The number of hydrogen-bond donors (Lipinski definition) is 1. The number of hydrogen-bond acceptors (Lipinski definition) is 4. The van der Waals surface area contributed by atoms with Crippen LogP contribution >= 0.6 is 0 Å². The standard InChI is InChI=1S/C14H12F3NO3/c1-9-6-10(8-19)7-13(18-9)20-11-2-4-12(5-3-11)21-14(15,16)17/h2-7,19H,8H2,1H3. The van der Waals surface area contributed by atoms with Crippen molar-refractivity contribution < 1.29 is 27.8 Å². The Balaban J connectivity index is 2.11. The van der Waals surface area contributed by atoms with Crippen LogP contribution in [0.25, 0.3) is 0 Å². The summed E-state index contributed by atoms with van der Waals surface area (Å²) < 4.78 is 45.3. The Labute approximate surface area is 118 Å². The number of aliphatic hydroxyl groups excluding tert-OH is 1. The van der Waals surface area contributed by atoms with E-state index >= 15 is 0 Å². The van der Waals surface area contributed by atoms with Crippen LogP contribution in [-0.4, -0.2) is 16.5 Å². The highest BCUT2D eigenvalue weighted by Crippen LogP contribution is 2.27. The number of alkyl halides is 3. The van der Waals surface area contributed by atoms with Gasteiger partial charge in [0.15, 0.2) is 0 Å². The molecule has 0 bridgehead atoms. The molecule has 0 spiro atoms. The molecule has 0 unspecified atom stereocenters. The van der Waals surface area contributed by atoms with E-state index in [1.165, 1.54) is 12.1 Å². The monoisotopic (exact) mass is 299 g/mol. The van der Waals surface area contributed by atoms with Crippen molar-refractivity contribution in [2.75, 3.05) is 0 Å². The number of nitrogens with zero attached hydrogens (tertiary/aromatic N) is 1. The van der Waals surface area contributed by atoms with Crippen LogP contribution in [0.5, 0.6) is 17.4 Å². The third kappa shape index (κ3) is 4.64. The highest BCUT2D eigenvalue weighted by molar-refractivity contribution is 5.34. The van der Waals surface area contributed by atoms with Gasteiger partial charge in [0.1, 0.15) is 11.5 Å². The van der Waals surface area contributed by atoms with E-state index in [1.807, 2.05) is 0 Å². The van der Waals surface area contributed by atoms with Gasteiger partial charge >= 0.3 is 6.36 Å². The molecule has 1 N–H and O–H groups in total. The molecule has 2 aromatic rings. The van der Waals surface area contributed by atoms with Crippen molar-refractivity contribution >= 4 is 0 Å². The first-order valence-electron chi connectivity index (χ1n) is 5.98. The molecule has 21 heavy (non-hydrogen) atoms. The van der Waals surface area contributed by atoms with Gasteiger partial charge in [0.2, 0.25) is 5.88 Å². The number of pyridine rings is 1. The van der Waals surface area contributed by atoms with E-state index in [-0.39, 0.29) is 18.2 Å². The Morgan fingerprint density at radius 1 is 1.10 bits per heavy atom. The van der Waals surface area contributed by atoms with Crippen molar-refractivity contribution in [2.24, 2.45) is 0 Å². The molecule has 0 atom stereocenters. The van der Waals surface area contributed by atoms with Crippen molar-refractivity contribution in [3.63, 3.8) is 0 Å². The summed E-state index contributed by atoms with van der Waals surface area (Å²) >= 11 is 0. The second-order valence-corrected chi connectivity index (χ2v) is 4.23. The molecule has 2 rings (SSSR count). The summed E-state index contributed by atoms with van der Waals surface area (Å²) in [6, 6.07) is 8.21. The predicted octanol–water partition coefficient (Wildman–Crippen LogP) is 3.57. The minimum absolute atomic E-state index is 0.155. The Kier molecular flexibility index (Phi) is 4.32. The lowest BCUT2D eigenvalue weighted by Gasteiger charge is -2.10. The molecule has 1 heterocycles. The minimum Gasteiger partial charge on any atom is -0.439 e. The van der Waals surface area contributed by atoms with Crippen LogP contribution in [0.1, 0.15) is 11.3 Å². The molecule has 0 saturated heterocycles. The summed E-state index contributed by atoms with van der Waals surface area (Å²) in [5.41, 5.74) is 1.29. The highest BCUT2D eigenvalue weighted by Gasteiger charge is 2.30. The summed E-state index contributed by atoms with van der Waals surface area (Å²) in [5, 5.41) is 9.09.